The maximum atomic E-state index is 3.66. The van der Waals surface area contributed by atoms with Gasteiger partial charge in [-0.2, -0.15) is 0 Å². The smallest absolute Gasteiger partial charge is 0.0122 e. The van der Waals surface area contributed by atoms with Gasteiger partial charge in [-0.25, -0.2) is 0 Å². The standard InChI is InChI=1S/C19H31N/c1-8-17(4)18(5)14-13-16(3)12-10-11-15-20-19(6,7)9-2/h10,12-14,20H,1,9,11,15H2,2-7H3/b12-10+,16-13+,18-14-. The van der Waals surface area contributed by atoms with E-state index in [2.05, 4.69) is 76.5 Å². The molecule has 0 rings (SSSR count). The molecule has 1 nitrogen and oxygen atoms in total. The third-order valence-corrected chi connectivity index (χ3v) is 3.63. The largest absolute Gasteiger partial charge is 0.311 e. The van der Waals surface area contributed by atoms with E-state index < -0.39 is 0 Å². The molecule has 0 aliphatic rings. The fraction of sp³-hybridized carbons (Fsp3) is 0.526. The van der Waals surface area contributed by atoms with Crippen molar-refractivity contribution in [1.29, 1.82) is 0 Å². The van der Waals surface area contributed by atoms with E-state index in [4.69, 9.17) is 0 Å². The number of nitrogens with one attached hydrogen (secondary N) is 1. The van der Waals surface area contributed by atoms with Crippen LogP contribution in [0.1, 0.15) is 54.4 Å². The van der Waals surface area contributed by atoms with Gasteiger partial charge in [0, 0.05) is 5.54 Å². The van der Waals surface area contributed by atoms with Crippen LogP contribution in [0.2, 0.25) is 0 Å². The maximum absolute atomic E-state index is 3.66. The van der Waals surface area contributed by atoms with Crippen LogP contribution in [0.15, 0.2) is 53.3 Å². The monoisotopic (exact) mass is 273 g/mol. The zero-order chi connectivity index (χ0) is 15.6. The molecule has 20 heavy (non-hydrogen) atoms. The summed E-state index contributed by atoms with van der Waals surface area (Å²) in [6.07, 6.45) is 10.9. The Kier molecular flexibility index (Phi) is 8.96. The van der Waals surface area contributed by atoms with Gasteiger partial charge in [0.25, 0.3) is 0 Å². The molecule has 1 N–H and O–H groups in total. The summed E-state index contributed by atoms with van der Waals surface area (Å²) in [6.45, 7) is 17.6. The van der Waals surface area contributed by atoms with Crippen molar-refractivity contribution in [2.24, 2.45) is 0 Å². The summed E-state index contributed by atoms with van der Waals surface area (Å²) in [5.41, 5.74) is 6.72. The second kappa shape index (κ2) is 9.58. The van der Waals surface area contributed by atoms with Crippen LogP contribution in [0.3, 0.4) is 0 Å². The zero-order valence-corrected chi connectivity index (χ0v) is 14.1. The molecule has 0 aromatic heterocycles. The Bertz CT molecular complexity index is 427. The molecule has 0 aromatic rings. The summed E-state index contributed by atoms with van der Waals surface area (Å²) < 4.78 is 0. The topological polar surface area (TPSA) is 12.0 Å². The van der Waals surface area contributed by atoms with Gasteiger partial charge in [-0.3, -0.25) is 0 Å². The average Bonchev–Trinajstić information content (AvgIpc) is 2.43. The highest BCUT2D eigenvalue weighted by Gasteiger charge is 2.11. The van der Waals surface area contributed by atoms with Gasteiger partial charge in [0.1, 0.15) is 0 Å². The van der Waals surface area contributed by atoms with Crippen LogP contribution in [0.5, 0.6) is 0 Å². The lowest BCUT2D eigenvalue weighted by atomic mass is 10.0. The van der Waals surface area contributed by atoms with Gasteiger partial charge in [-0.05, 0) is 65.2 Å². The van der Waals surface area contributed by atoms with Gasteiger partial charge in [-0.15, -0.1) is 5.73 Å². The highest BCUT2D eigenvalue weighted by atomic mass is 14.9. The Labute approximate surface area is 125 Å². The number of hydrogen-bond acceptors (Lipinski definition) is 1. The Morgan fingerprint density at radius 1 is 1.20 bits per heavy atom. The summed E-state index contributed by atoms with van der Waals surface area (Å²) >= 11 is 0. The van der Waals surface area contributed by atoms with E-state index in [1.165, 1.54) is 11.1 Å². The summed E-state index contributed by atoms with van der Waals surface area (Å²) in [5.74, 6) is 0. The molecule has 0 spiro atoms. The Morgan fingerprint density at radius 3 is 2.40 bits per heavy atom. The van der Waals surface area contributed by atoms with E-state index in [1.807, 2.05) is 6.92 Å². The Morgan fingerprint density at radius 2 is 1.85 bits per heavy atom. The fourth-order valence-corrected chi connectivity index (χ4v) is 1.46. The molecule has 0 radical (unpaired) electrons. The minimum atomic E-state index is 0.243. The molecular formula is C19H31N. The fourth-order valence-electron chi connectivity index (χ4n) is 1.46. The van der Waals surface area contributed by atoms with Crippen LogP contribution in [-0.4, -0.2) is 12.1 Å². The Hall–Kier alpha value is -1.30. The molecule has 0 aromatic carbocycles. The van der Waals surface area contributed by atoms with Gasteiger partial charge in [0.15, 0.2) is 0 Å². The van der Waals surface area contributed by atoms with Crippen molar-refractivity contribution in [2.75, 3.05) is 6.54 Å². The molecule has 0 saturated heterocycles. The van der Waals surface area contributed by atoms with Gasteiger partial charge < -0.3 is 5.32 Å². The van der Waals surface area contributed by atoms with E-state index in [9.17, 15) is 0 Å². The third-order valence-electron chi connectivity index (χ3n) is 3.63. The number of hydrogen-bond donors (Lipinski definition) is 1. The molecule has 0 heterocycles. The predicted molar refractivity (Wildman–Crippen MR) is 92.0 cm³/mol. The summed E-state index contributed by atoms with van der Waals surface area (Å²) in [6, 6.07) is 0. The van der Waals surface area contributed by atoms with E-state index in [1.54, 1.807) is 0 Å². The van der Waals surface area contributed by atoms with Crippen molar-refractivity contribution in [3.63, 3.8) is 0 Å². The van der Waals surface area contributed by atoms with Gasteiger partial charge in [-0.1, -0.05) is 43.4 Å². The van der Waals surface area contributed by atoms with Crippen LogP contribution >= 0.6 is 0 Å². The lowest BCUT2D eigenvalue weighted by molar-refractivity contribution is 0.381. The molecule has 1 heteroatoms. The minimum absolute atomic E-state index is 0.243. The first-order valence-electron chi connectivity index (χ1n) is 7.46. The quantitative estimate of drug-likeness (QED) is 0.358. The molecular weight excluding hydrogens is 242 g/mol. The van der Waals surface area contributed by atoms with E-state index in [0.29, 0.717) is 0 Å². The van der Waals surface area contributed by atoms with Crippen LogP contribution in [-0.2, 0) is 0 Å². The number of allylic oxidation sites excluding steroid dienone is 6. The van der Waals surface area contributed by atoms with Gasteiger partial charge in [0.2, 0.25) is 0 Å². The molecule has 0 saturated carbocycles. The second-order valence-electron chi connectivity index (χ2n) is 5.92. The first-order valence-corrected chi connectivity index (χ1v) is 7.46. The highest BCUT2D eigenvalue weighted by molar-refractivity contribution is 5.32. The van der Waals surface area contributed by atoms with E-state index in [0.717, 1.165) is 25.0 Å². The van der Waals surface area contributed by atoms with Crippen LogP contribution in [0.4, 0.5) is 0 Å². The van der Waals surface area contributed by atoms with Gasteiger partial charge in [0.05, 0.1) is 0 Å². The lowest BCUT2D eigenvalue weighted by Crippen LogP contribution is -2.38. The van der Waals surface area contributed by atoms with Gasteiger partial charge >= 0.3 is 0 Å². The SMILES string of the molecule is C=C=C(C)\C(C)=C/C=C(C)/C=C/CCNC(C)(C)CC. The maximum Gasteiger partial charge on any atom is 0.0122 e. The summed E-state index contributed by atoms with van der Waals surface area (Å²) in [7, 11) is 0. The molecule has 0 fully saturated rings. The van der Waals surface area contributed by atoms with Crippen molar-refractivity contribution < 1.29 is 0 Å². The summed E-state index contributed by atoms with van der Waals surface area (Å²) in [5, 5.41) is 3.55. The molecule has 0 unspecified atom stereocenters. The van der Waals surface area contributed by atoms with Crippen LogP contribution < -0.4 is 5.32 Å². The average molecular weight is 273 g/mol. The van der Waals surface area contributed by atoms with Crippen molar-refractivity contribution in [2.45, 2.75) is 59.9 Å². The normalized spacial score (nSPS) is 13.7. The molecule has 0 amide bonds. The van der Waals surface area contributed by atoms with E-state index >= 15 is 0 Å². The third kappa shape index (κ3) is 8.74. The molecule has 0 atom stereocenters. The number of rotatable bonds is 8. The minimum Gasteiger partial charge on any atom is -0.311 e. The molecule has 0 bridgehead atoms. The van der Waals surface area contributed by atoms with Crippen LogP contribution in [0, 0.1) is 0 Å². The first-order chi connectivity index (χ1) is 9.32. The first kappa shape index (κ1) is 18.7. The highest BCUT2D eigenvalue weighted by Crippen LogP contribution is 2.08. The Balaban J connectivity index is 4.24. The van der Waals surface area contributed by atoms with Crippen molar-refractivity contribution in [1.82, 2.24) is 5.32 Å². The van der Waals surface area contributed by atoms with Crippen LogP contribution in [0.25, 0.3) is 0 Å². The van der Waals surface area contributed by atoms with Crippen molar-refractivity contribution >= 4 is 0 Å². The lowest BCUT2D eigenvalue weighted by Gasteiger charge is -2.24. The van der Waals surface area contributed by atoms with Crippen molar-refractivity contribution in [3.05, 3.63) is 53.3 Å². The summed E-state index contributed by atoms with van der Waals surface area (Å²) in [4.78, 5) is 0. The van der Waals surface area contributed by atoms with E-state index in [-0.39, 0.29) is 5.54 Å². The zero-order valence-electron chi connectivity index (χ0n) is 14.1. The predicted octanol–water partition coefficient (Wildman–Crippen LogP) is 5.33. The molecule has 112 valence electrons. The second-order valence-corrected chi connectivity index (χ2v) is 5.92. The molecule has 0 aliphatic heterocycles. The van der Waals surface area contributed by atoms with Crippen molar-refractivity contribution in [3.8, 4) is 0 Å². The molecule has 0 aliphatic carbocycles.